The molecule has 2 aliphatic rings. The van der Waals surface area contributed by atoms with Crippen LogP contribution in [-0.2, 0) is 9.53 Å². The molecule has 0 radical (unpaired) electrons. The molecule has 0 spiro atoms. The zero-order valence-electron chi connectivity index (χ0n) is 12.2. The van der Waals surface area contributed by atoms with Gasteiger partial charge in [0.2, 0.25) is 5.91 Å². The van der Waals surface area contributed by atoms with E-state index in [1.807, 2.05) is 6.92 Å². The van der Waals surface area contributed by atoms with Crippen molar-refractivity contribution in [2.24, 2.45) is 0 Å². The molecule has 19 heavy (non-hydrogen) atoms. The SMILES string of the molecule is COCCNC(=O)C(C)N(CC1CCCN1)C1CC1. The van der Waals surface area contributed by atoms with Gasteiger partial charge in [-0.25, -0.2) is 0 Å². The summed E-state index contributed by atoms with van der Waals surface area (Å²) >= 11 is 0. The Morgan fingerprint density at radius 1 is 1.47 bits per heavy atom. The molecule has 0 aromatic rings. The van der Waals surface area contributed by atoms with E-state index >= 15 is 0 Å². The highest BCUT2D eigenvalue weighted by Crippen LogP contribution is 2.29. The first-order chi connectivity index (χ1) is 9.22. The average molecular weight is 269 g/mol. The number of amides is 1. The maximum absolute atomic E-state index is 12.1. The molecule has 0 bridgehead atoms. The van der Waals surface area contributed by atoms with Crippen LogP contribution in [0.2, 0.25) is 0 Å². The molecule has 0 aromatic carbocycles. The molecule has 0 aromatic heterocycles. The molecule has 2 atom stereocenters. The lowest BCUT2D eigenvalue weighted by atomic mass is 10.1. The van der Waals surface area contributed by atoms with Gasteiger partial charge in [0.1, 0.15) is 0 Å². The van der Waals surface area contributed by atoms with Gasteiger partial charge in [-0.15, -0.1) is 0 Å². The lowest BCUT2D eigenvalue weighted by Gasteiger charge is -2.30. The Balaban J connectivity index is 1.81. The Labute approximate surface area is 116 Å². The van der Waals surface area contributed by atoms with E-state index in [1.165, 1.54) is 25.7 Å². The van der Waals surface area contributed by atoms with Crippen molar-refractivity contribution in [1.29, 1.82) is 0 Å². The van der Waals surface area contributed by atoms with E-state index in [9.17, 15) is 4.79 Å². The van der Waals surface area contributed by atoms with Gasteiger partial charge in [-0.2, -0.15) is 0 Å². The Morgan fingerprint density at radius 2 is 2.26 bits per heavy atom. The van der Waals surface area contributed by atoms with E-state index in [-0.39, 0.29) is 11.9 Å². The molecule has 1 aliphatic carbocycles. The highest BCUT2D eigenvalue weighted by Gasteiger charge is 2.36. The fourth-order valence-electron chi connectivity index (χ4n) is 2.77. The molecule has 1 heterocycles. The molecule has 2 fully saturated rings. The van der Waals surface area contributed by atoms with Crippen molar-refractivity contribution < 1.29 is 9.53 Å². The largest absolute Gasteiger partial charge is 0.383 e. The van der Waals surface area contributed by atoms with E-state index in [2.05, 4.69) is 15.5 Å². The monoisotopic (exact) mass is 269 g/mol. The number of hydrogen-bond acceptors (Lipinski definition) is 4. The van der Waals surface area contributed by atoms with E-state index in [0.717, 1.165) is 13.1 Å². The van der Waals surface area contributed by atoms with Crippen molar-refractivity contribution in [1.82, 2.24) is 15.5 Å². The third kappa shape index (κ3) is 4.44. The minimum atomic E-state index is -0.0354. The smallest absolute Gasteiger partial charge is 0.237 e. The molecule has 2 unspecified atom stereocenters. The minimum absolute atomic E-state index is 0.0354. The molecule has 5 heteroatoms. The molecule has 2 N–H and O–H groups in total. The summed E-state index contributed by atoms with van der Waals surface area (Å²) in [6.45, 7) is 5.32. The predicted octanol–water partition coefficient (Wildman–Crippen LogP) is 0.354. The lowest BCUT2D eigenvalue weighted by Crippen LogP contribution is -2.50. The number of rotatable bonds is 8. The summed E-state index contributed by atoms with van der Waals surface area (Å²) < 4.78 is 4.96. The third-order valence-corrected chi connectivity index (χ3v) is 4.09. The first-order valence-corrected chi connectivity index (χ1v) is 7.48. The van der Waals surface area contributed by atoms with E-state index in [4.69, 9.17) is 4.74 Å². The molecule has 2 rings (SSSR count). The quantitative estimate of drug-likeness (QED) is 0.625. The fraction of sp³-hybridized carbons (Fsp3) is 0.929. The highest BCUT2D eigenvalue weighted by molar-refractivity contribution is 5.81. The number of hydrogen-bond donors (Lipinski definition) is 2. The van der Waals surface area contributed by atoms with Crippen LogP contribution in [0.25, 0.3) is 0 Å². The molecule has 1 saturated carbocycles. The zero-order valence-corrected chi connectivity index (χ0v) is 12.2. The van der Waals surface area contributed by atoms with Crippen LogP contribution in [0.1, 0.15) is 32.6 Å². The summed E-state index contributed by atoms with van der Waals surface area (Å²) in [7, 11) is 1.65. The Hall–Kier alpha value is -0.650. The Kier molecular flexibility index (Phi) is 5.60. The molecule has 110 valence electrons. The number of carbonyl (C=O) groups excluding carboxylic acids is 1. The summed E-state index contributed by atoms with van der Waals surface area (Å²) in [5.74, 6) is 0.127. The predicted molar refractivity (Wildman–Crippen MR) is 75.1 cm³/mol. The first kappa shape index (κ1) is 14.8. The Morgan fingerprint density at radius 3 is 2.84 bits per heavy atom. The van der Waals surface area contributed by atoms with Gasteiger partial charge in [-0.1, -0.05) is 0 Å². The Bertz CT molecular complexity index is 288. The minimum Gasteiger partial charge on any atom is -0.383 e. The van der Waals surface area contributed by atoms with E-state index in [1.54, 1.807) is 7.11 Å². The average Bonchev–Trinajstić information content (AvgIpc) is 3.12. The number of methoxy groups -OCH3 is 1. The van der Waals surface area contributed by atoms with Gasteiger partial charge in [0.25, 0.3) is 0 Å². The van der Waals surface area contributed by atoms with Crippen molar-refractivity contribution in [3.63, 3.8) is 0 Å². The standard InChI is InChI=1S/C14H27N3O2/c1-11(14(18)16-8-9-19-2)17(13-5-6-13)10-12-4-3-7-15-12/h11-13,15H,3-10H2,1-2H3,(H,16,18). The first-order valence-electron chi connectivity index (χ1n) is 7.48. The molecular formula is C14H27N3O2. The summed E-state index contributed by atoms with van der Waals surface area (Å²) in [6, 6.07) is 1.15. The van der Waals surface area contributed by atoms with Gasteiger partial charge < -0.3 is 15.4 Å². The second-order valence-corrected chi connectivity index (χ2v) is 5.68. The van der Waals surface area contributed by atoms with Crippen molar-refractivity contribution in [2.45, 2.75) is 50.7 Å². The number of ether oxygens (including phenoxy) is 1. The van der Waals surface area contributed by atoms with Crippen LogP contribution in [0.15, 0.2) is 0 Å². The van der Waals surface area contributed by atoms with Crippen molar-refractivity contribution in [3.05, 3.63) is 0 Å². The van der Waals surface area contributed by atoms with Crippen molar-refractivity contribution >= 4 is 5.91 Å². The fourth-order valence-corrected chi connectivity index (χ4v) is 2.77. The van der Waals surface area contributed by atoms with Crippen LogP contribution in [0, 0.1) is 0 Å². The molecule has 1 amide bonds. The van der Waals surface area contributed by atoms with Crippen LogP contribution in [0.5, 0.6) is 0 Å². The second kappa shape index (κ2) is 7.22. The van der Waals surface area contributed by atoms with Gasteiger partial charge in [0.05, 0.1) is 12.6 Å². The van der Waals surface area contributed by atoms with Gasteiger partial charge in [-0.05, 0) is 39.2 Å². The zero-order chi connectivity index (χ0) is 13.7. The van der Waals surface area contributed by atoms with E-state index in [0.29, 0.717) is 25.2 Å². The van der Waals surface area contributed by atoms with Crippen LogP contribution >= 0.6 is 0 Å². The molecule has 5 nitrogen and oxygen atoms in total. The number of nitrogens with one attached hydrogen (secondary N) is 2. The van der Waals surface area contributed by atoms with Crippen LogP contribution in [0.3, 0.4) is 0 Å². The van der Waals surface area contributed by atoms with Crippen LogP contribution in [-0.4, -0.2) is 62.3 Å². The van der Waals surface area contributed by atoms with Gasteiger partial charge in [0.15, 0.2) is 0 Å². The summed E-state index contributed by atoms with van der Waals surface area (Å²) in [4.78, 5) is 14.5. The van der Waals surface area contributed by atoms with Crippen molar-refractivity contribution in [2.75, 3.05) is 33.4 Å². The third-order valence-electron chi connectivity index (χ3n) is 4.09. The number of carbonyl (C=O) groups is 1. The molecule has 1 saturated heterocycles. The van der Waals surface area contributed by atoms with Gasteiger partial charge in [-0.3, -0.25) is 9.69 Å². The topological polar surface area (TPSA) is 53.6 Å². The van der Waals surface area contributed by atoms with E-state index < -0.39 is 0 Å². The van der Waals surface area contributed by atoms with Gasteiger partial charge in [0, 0.05) is 32.3 Å². The highest BCUT2D eigenvalue weighted by atomic mass is 16.5. The molecule has 1 aliphatic heterocycles. The number of nitrogens with zero attached hydrogens (tertiary/aromatic N) is 1. The van der Waals surface area contributed by atoms with Crippen LogP contribution < -0.4 is 10.6 Å². The van der Waals surface area contributed by atoms with Crippen LogP contribution in [0.4, 0.5) is 0 Å². The molecular weight excluding hydrogens is 242 g/mol. The maximum Gasteiger partial charge on any atom is 0.237 e. The van der Waals surface area contributed by atoms with Crippen molar-refractivity contribution in [3.8, 4) is 0 Å². The summed E-state index contributed by atoms with van der Waals surface area (Å²) in [6.07, 6.45) is 4.98. The second-order valence-electron chi connectivity index (χ2n) is 5.68. The van der Waals surface area contributed by atoms with Gasteiger partial charge >= 0.3 is 0 Å². The summed E-state index contributed by atoms with van der Waals surface area (Å²) in [5, 5.41) is 6.47. The maximum atomic E-state index is 12.1. The summed E-state index contributed by atoms with van der Waals surface area (Å²) in [5.41, 5.74) is 0. The lowest BCUT2D eigenvalue weighted by molar-refractivity contribution is -0.126. The normalized spacial score (nSPS) is 24.7.